The number of carbonyl (C=O) groups excluding carboxylic acids is 1. The minimum absolute atomic E-state index is 0.0182. The van der Waals surface area contributed by atoms with Crippen LogP contribution in [0.2, 0.25) is 0 Å². The molecule has 2 N–H and O–H groups in total. The van der Waals surface area contributed by atoms with Gasteiger partial charge in [-0.1, -0.05) is 43.7 Å². The predicted molar refractivity (Wildman–Crippen MR) is 80.8 cm³/mol. The van der Waals surface area contributed by atoms with Crippen molar-refractivity contribution in [1.82, 2.24) is 5.01 Å². The van der Waals surface area contributed by atoms with Crippen LogP contribution in [0.1, 0.15) is 44.3 Å². The van der Waals surface area contributed by atoms with Crippen LogP contribution < -0.4 is 0 Å². The Labute approximate surface area is 137 Å². The molecule has 1 heterocycles. The third-order valence-corrected chi connectivity index (χ3v) is 3.87. The van der Waals surface area contributed by atoms with Gasteiger partial charge in [0.1, 0.15) is 0 Å². The van der Waals surface area contributed by atoms with Crippen molar-refractivity contribution in [2.24, 2.45) is 5.10 Å². The van der Waals surface area contributed by atoms with Crippen molar-refractivity contribution in [3.8, 4) is 0 Å². The first-order valence-corrected chi connectivity index (χ1v) is 7.63. The summed E-state index contributed by atoms with van der Waals surface area (Å²) in [4.78, 5) is 12.3. The van der Waals surface area contributed by atoms with E-state index in [0.717, 1.165) is 6.42 Å². The Hall–Kier alpha value is -1.93. The number of aliphatic hydroxyl groups is 2. The normalized spacial score (nSPS) is 22.4. The van der Waals surface area contributed by atoms with Crippen LogP contribution in [0.5, 0.6) is 0 Å². The van der Waals surface area contributed by atoms with Gasteiger partial charge in [0.2, 0.25) is 0 Å². The van der Waals surface area contributed by atoms with Crippen LogP contribution in [-0.2, 0) is 4.79 Å². The number of hydrogen-bond donors (Lipinski definition) is 2. The number of nitrogens with zero attached hydrogens (tertiary/aromatic N) is 2. The number of unbranched alkanes of at least 4 members (excludes halogenated alkanes) is 1. The molecule has 2 atom stereocenters. The number of benzene rings is 1. The number of alkyl halides is 3. The van der Waals surface area contributed by atoms with E-state index in [1.807, 2.05) is 6.92 Å². The fourth-order valence-corrected chi connectivity index (χ4v) is 2.48. The van der Waals surface area contributed by atoms with Gasteiger partial charge in [-0.05, 0) is 18.4 Å². The zero-order chi connectivity index (χ0) is 18.0. The van der Waals surface area contributed by atoms with E-state index in [2.05, 4.69) is 5.10 Å². The molecule has 0 radical (unpaired) electrons. The Bertz CT molecular complexity index is 619. The van der Waals surface area contributed by atoms with Gasteiger partial charge in [0, 0.05) is 12.1 Å². The van der Waals surface area contributed by atoms with Crippen molar-refractivity contribution < 1.29 is 28.2 Å². The first-order chi connectivity index (χ1) is 11.2. The molecular weight excluding hydrogens is 325 g/mol. The number of hydrazone groups is 1. The monoisotopic (exact) mass is 344 g/mol. The number of halogens is 3. The summed E-state index contributed by atoms with van der Waals surface area (Å²) in [5, 5.41) is 23.8. The van der Waals surface area contributed by atoms with Gasteiger partial charge in [0.25, 0.3) is 11.6 Å². The Morgan fingerprint density at radius 3 is 2.54 bits per heavy atom. The van der Waals surface area contributed by atoms with E-state index in [0.29, 0.717) is 6.42 Å². The molecule has 0 fully saturated rings. The van der Waals surface area contributed by atoms with Gasteiger partial charge >= 0.3 is 6.18 Å². The number of aliphatic hydroxyl groups excluding tert-OH is 1. The van der Waals surface area contributed by atoms with Crippen molar-refractivity contribution in [3.63, 3.8) is 0 Å². The first kappa shape index (κ1) is 18.4. The minimum atomic E-state index is -5.09. The second-order valence-electron chi connectivity index (χ2n) is 5.72. The molecule has 5 nitrogen and oxygen atoms in total. The van der Waals surface area contributed by atoms with Crippen molar-refractivity contribution in [1.29, 1.82) is 0 Å². The number of carbonyl (C=O) groups is 1. The van der Waals surface area contributed by atoms with Crippen LogP contribution in [0.15, 0.2) is 35.4 Å². The topological polar surface area (TPSA) is 73.1 Å². The molecule has 8 heteroatoms. The molecule has 24 heavy (non-hydrogen) atoms. The van der Waals surface area contributed by atoms with Crippen LogP contribution in [0.25, 0.3) is 0 Å². The zero-order valence-corrected chi connectivity index (χ0v) is 13.1. The average molecular weight is 344 g/mol. The molecule has 0 bridgehead atoms. The van der Waals surface area contributed by atoms with Crippen molar-refractivity contribution >= 4 is 11.6 Å². The molecule has 1 aliphatic rings. The lowest BCUT2D eigenvalue weighted by molar-refractivity contribution is -0.303. The van der Waals surface area contributed by atoms with Crippen molar-refractivity contribution in [2.45, 2.75) is 50.6 Å². The SMILES string of the molecule is CCCCC1=NN(C(=O)[C@@H](O)c2ccccc2)[C@@](O)(C(F)(F)F)C1. The first-order valence-electron chi connectivity index (χ1n) is 7.63. The van der Waals surface area contributed by atoms with Crippen LogP contribution in [0.4, 0.5) is 13.2 Å². The zero-order valence-electron chi connectivity index (χ0n) is 13.1. The highest BCUT2D eigenvalue weighted by molar-refractivity contribution is 5.92. The lowest BCUT2D eigenvalue weighted by Gasteiger charge is -2.33. The number of amides is 1. The Kier molecular flexibility index (Phi) is 5.29. The highest BCUT2D eigenvalue weighted by Gasteiger charge is 2.63. The fraction of sp³-hybridized carbons (Fsp3) is 0.500. The average Bonchev–Trinajstić information content (AvgIpc) is 2.90. The Morgan fingerprint density at radius 2 is 2.00 bits per heavy atom. The molecule has 2 rings (SSSR count). The molecule has 0 unspecified atom stereocenters. The number of hydrogen-bond acceptors (Lipinski definition) is 4. The molecule has 0 saturated carbocycles. The van der Waals surface area contributed by atoms with E-state index in [1.165, 1.54) is 12.1 Å². The van der Waals surface area contributed by atoms with Gasteiger partial charge in [-0.3, -0.25) is 4.79 Å². The van der Waals surface area contributed by atoms with E-state index >= 15 is 0 Å². The van der Waals surface area contributed by atoms with Gasteiger partial charge in [0.05, 0.1) is 0 Å². The maximum atomic E-state index is 13.3. The fourth-order valence-electron chi connectivity index (χ4n) is 2.48. The quantitative estimate of drug-likeness (QED) is 0.863. The van der Waals surface area contributed by atoms with E-state index < -0.39 is 30.3 Å². The summed E-state index contributed by atoms with van der Waals surface area (Å²) in [6, 6.07) is 7.55. The maximum absolute atomic E-state index is 13.3. The molecule has 1 aromatic carbocycles. The molecule has 1 amide bonds. The van der Waals surface area contributed by atoms with E-state index in [4.69, 9.17) is 0 Å². The summed E-state index contributed by atoms with van der Waals surface area (Å²) < 4.78 is 40.0. The molecule has 132 valence electrons. The smallest absolute Gasteiger partial charge is 0.378 e. The van der Waals surface area contributed by atoms with Gasteiger partial charge in [-0.25, -0.2) is 0 Å². The van der Waals surface area contributed by atoms with Crippen LogP contribution >= 0.6 is 0 Å². The van der Waals surface area contributed by atoms with E-state index in [1.54, 1.807) is 18.2 Å². The van der Waals surface area contributed by atoms with E-state index in [9.17, 15) is 28.2 Å². The number of rotatable bonds is 5. The lowest BCUT2D eigenvalue weighted by atomic mass is 10.0. The highest BCUT2D eigenvalue weighted by atomic mass is 19.4. The molecular formula is C16H19F3N2O3. The third-order valence-electron chi connectivity index (χ3n) is 3.87. The standard InChI is InChI=1S/C16H19F3N2O3/c1-2-3-9-12-10-15(24,16(17,18)19)21(20-12)14(23)13(22)11-7-5-4-6-8-11/h4-8,13,22,24H,2-3,9-10H2,1H3/t13-,15-/m0/s1. The molecule has 0 aliphatic carbocycles. The summed E-state index contributed by atoms with van der Waals surface area (Å²) in [5.41, 5.74) is -3.21. The van der Waals surface area contributed by atoms with Crippen LogP contribution in [0.3, 0.4) is 0 Å². The largest absolute Gasteiger partial charge is 0.438 e. The second-order valence-corrected chi connectivity index (χ2v) is 5.72. The summed E-state index contributed by atoms with van der Waals surface area (Å²) in [6.45, 7) is 1.87. The maximum Gasteiger partial charge on any atom is 0.438 e. The highest BCUT2D eigenvalue weighted by Crippen LogP contribution is 2.42. The van der Waals surface area contributed by atoms with Crippen molar-refractivity contribution in [2.75, 3.05) is 0 Å². The molecule has 0 aromatic heterocycles. The summed E-state index contributed by atoms with van der Waals surface area (Å²) in [5.74, 6) is -1.31. The summed E-state index contributed by atoms with van der Waals surface area (Å²) in [6.07, 6.45) is -6.14. The molecule has 1 aromatic rings. The molecule has 0 spiro atoms. The third kappa shape index (κ3) is 3.44. The van der Waals surface area contributed by atoms with Gasteiger partial charge in [0.15, 0.2) is 6.10 Å². The van der Waals surface area contributed by atoms with E-state index in [-0.39, 0.29) is 22.7 Å². The predicted octanol–water partition coefficient (Wildman–Crippen LogP) is 2.75. The van der Waals surface area contributed by atoms with Gasteiger partial charge < -0.3 is 10.2 Å². The van der Waals surface area contributed by atoms with Crippen molar-refractivity contribution in [3.05, 3.63) is 35.9 Å². The van der Waals surface area contributed by atoms with Gasteiger partial charge in [-0.15, -0.1) is 0 Å². The van der Waals surface area contributed by atoms with Crippen LogP contribution in [-0.4, -0.2) is 38.7 Å². The summed E-state index contributed by atoms with van der Waals surface area (Å²) in [7, 11) is 0. The summed E-state index contributed by atoms with van der Waals surface area (Å²) >= 11 is 0. The lowest BCUT2D eigenvalue weighted by Crippen LogP contribution is -2.57. The minimum Gasteiger partial charge on any atom is -0.378 e. The Balaban J connectivity index is 2.31. The Morgan fingerprint density at radius 1 is 1.38 bits per heavy atom. The molecule has 0 saturated heterocycles. The van der Waals surface area contributed by atoms with Crippen LogP contribution in [0, 0.1) is 0 Å². The second kappa shape index (κ2) is 6.90. The molecule has 1 aliphatic heterocycles. The van der Waals surface area contributed by atoms with Gasteiger partial charge in [-0.2, -0.15) is 23.3 Å².